The lowest BCUT2D eigenvalue weighted by Crippen LogP contribution is -2.50. The third-order valence-electron chi connectivity index (χ3n) is 2.69. The van der Waals surface area contributed by atoms with E-state index in [2.05, 4.69) is 12.2 Å². The molecule has 0 heterocycles. The van der Waals surface area contributed by atoms with Crippen LogP contribution in [-0.4, -0.2) is 17.9 Å². The second-order valence-electron chi connectivity index (χ2n) is 3.32. The molecule has 2 nitrogen and oxygen atoms in total. The fourth-order valence-electron chi connectivity index (χ4n) is 1.70. The van der Waals surface area contributed by atoms with E-state index in [1.807, 2.05) is 7.05 Å². The van der Waals surface area contributed by atoms with E-state index in [0.717, 1.165) is 19.3 Å². The summed E-state index contributed by atoms with van der Waals surface area (Å²) in [6, 6.07) is 0. The SMILES string of the molecule is CNC1(O)CCCCC1C.Cl.Cl. The molecule has 1 rings (SSSR count). The van der Waals surface area contributed by atoms with Gasteiger partial charge in [-0.05, 0) is 32.2 Å². The van der Waals surface area contributed by atoms with Gasteiger partial charge in [-0.15, -0.1) is 24.8 Å². The number of rotatable bonds is 1. The maximum atomic E-state index is 9.84. The Kier molecular flexibility index (Phi) is 7.54. The summed E-state index contributed by atoms with van der Waals surface area (Å²) in [5.74, 6) is 0.409. The van der Waals surface area contributed by atoms with Gasteiger partial charge < -0.3 is 5.11 Å². The molecule has 0 aromatic carbocycles. The maximum Gasteiger partial charge on any atom is 0.118 e. The van der Waals surface area contributed by atoms with Crippen LogP contribution in [0.3, 0.4) is 0 Å². The summed E-state index contributed by atoms with van der Waals surface area (Å²) in [5.41, 5.74) is -0.571. The van der Waals surface area contributed by atoms with Crippen LogP contribution >= 0.6 is 24.8 Å². The highest BCUT2D eigenvalue weighted by molar-refractivity contribution is 5.85. The van der Waals surface area contributed by atoms with Crippen LogP contribution in [0.25, 0.3) is 0 Å². The molecule has 1 fully saturated rings. The predicted octanol–water partition coefficient (Wildman–Crippen LogP) is 1.95. The molecule has 0 amide bonds. The van der Waals surface area contributed by atoms with Crippen LogP contribution in [0.5, 0.6) is 0 Å². The minimum Gasteiger partial charge on any atom is -0.376 e. The standard InChI is InChI=1S/C8H17NO.2ClH/c1-7-5-3-4-6-8(7,10)9-2;;/h7,9-10H,3-6H2,1-2H3;2*1H. The van der Waals surface area contributed by atoms with Gasteiger partial charge in [0.15, 0.2) is 0 Å². The average molecular weight is 216 g/mol. The number of hydrogen-bond acceptors (Lipinski definition) is 2. The van der Waals surface area contributed by atoms with Gasteiger partial charge in [0.1, 0.15) is 5.72 Å². The largest absolute Gasteiger partial charge is 0.376 e. The van der Waals surface area contributed by atoms with E-state index < -0.39 is 5.72 Å². The van der Waals surface area contributed by atoms with E-state index in [4.69, 9.17) is 0 Å². The van der Waals surface area contributed by atoms with Crippen molar-refractivity contribution < 1.29 is 5.11 Å². The molecule has 0 aromatic rings. The molecule has 0 aliphatic heterocycles. The lowest BCUT2D eigenvalue weighted by molar-refractivity contribution is -0.0641. The second kappa shape index (κ2) is 6.03. The molecule has 0 aromatic heterocycles. The molecular weight excluding hydrogens is 197 g/mol. The smallest absolute Gasteiger partial charge is 0.118 e. The average Bonchev–Trinajstić information content (AvgIpc) is 1.96. The first-order valence-electron chi connectivity index (χ1n) is 4.10. The van der Waals surface area contributed by atoms with E-state index in [1.54, 1.807) is 0 Å². The van der Waals surface area contributed by atoms with Crippen molar-refractivity contribution in [2.24, 2.45) is 5.92 Å². The zero-order valence-electron chi connectivity index (χ0n) is 7.67. The number of hydrogen-bond donors (Lipinski definition) is 2. The van der Waals surface area contributed by atoms with Crippen LogP contribution in [-0.2, 0) is 0 Å². The lowest BCUT2D eigenvalue weighted by Gasteiger charge is -2.37. The molecular formula is C8H19Cl2NO. The molecule has 1 aliphatic carbocycles. The van der Waals surface area contributed by atoms with Gasteiger partial charge in [0.05, 0.1) is 0 Å². The van der Waals surface area contributed by atoms with E-state index >= 15 is 0 Å². The molecule has 0 bridgehead atoms. The highest BCUT2D eigenvalue weighted by Crippen LogP contribution is 2.30. The van der Waals surface area contributed by atoms with Crippen molar-refractivity contribution >= 4 is 24.8 Å². The molecule has 2 N–H and O–H groups in total. The molecule has 0 radical (unpaired) electrons. The molecule has 0 saturated heterocycles. The minimum absolute atomic E-state index is 0. The molecule has 76 valence electrons. The van der Waals surface area contributed by atoms with Crippen LogP contribution in [0.15, 0.2) is 0 Å². The van der Waals surface area contributed by atoms with Crippen LogP contribution in [0, 0.1) is 5.92 Å². The van der Waals surface area contributed by atoms with Gasteiger partial charge in [-0.1, -0.05) is 13.3 Å². The predicted molar refractivity (Wildman–Crippen MR) is 56.1 cm³/mol. The van der Waals surface area contributed by atoms with E-state index in [-0.39, 0.29) is 24.8 Å². The van der Waals surface area contributed by atoms with Crippen molar-refractivity contribution in [3.63, 3.8) is 0 Å². The second-order valence-corrected chi connectivity index (χ2v) is 3.32. The Balaban J connectivity index is 0. The zero-order valence-corrected chi connectivity index (χ0v) is 9.30. The van der Waals surface area contributed by atoms with Crippen molar-refractivity contribution in [1.82, 2.24) is 5.32 Å². The first-order chi connectivity index (χ1) is 4.69. The Hall–Kier alpha value is 0.500. The first-order valence-corrected chi connectivity index (χ1v) is 4.10. The molecule has 1 saturated carbocycles. The summed E-state index contributed by atoms with van der Waals surface area (Å²) in [5, 5.41) is 12.8. The van der Waals surface area contributed by atoms with Gasteiger partial charge in [0.2, 0.25) is 0 Å². The monoisotopic (exact) mass is 215 g/mol. The summed E-state index contributed by atoms with van der Waals surface area (Å²) >= 11 is 0. The summed E-state index contributed by atoms with van der Waals surface area (Å²) in [6.45, 7) is 2.11. The van der Waals surface area contributed by atoms with Crippen molar-refractivity contribution in [3.8, 4) is 0 Å². The van der Waals surface area contributed by atoms with Gasteiger partial charge in [0, 0.05) is 0 Å². The highest BCUT2D eigenvalue weighted by atomic mass is 35.5. The normalized spacial score (nSPS) is 34.8. The Morgan fingerprint density at radius 2 is 1.92 bits per heavy atom. The fourth-order valence-corrected chi connectivity index (χ4v) is 1.70. The molecule has 2 atom stereocenters. The summed E-state index contributed by atoms with van der Waals surface area (Å²) in [6.07, 6.45) is 4.48. The summed E-state index contributed by atoms with van der Waals surface area (Å²) in [7, 11) is 1.84. The molecule has 1 aliphatic rings. The zero-order chi connectivity index (χ0) is 7.61. The van der Waals surface area contributed by atoms with Gasteiger partial charge >= 0.3 is 0 Å². The van der Waals surface area contributed by atoms with Crippen molar-refractivity contribution in [2.75, 3.05) is 7.05 Å². The lowest BCUT2D eigenvalue weighted by atomic mass is 9.82. The van der Waals surface area contributed by atoms with Gasteiger partial charge in [-0.2, -0.15) is 0 Å². The summed E-state index contributed by atoms with van der Waals surface area (Å²) in [4.78, 5) is 0. The van der Waals surface area contributed by atoms with Gasteiger partial charge in [-0.25, -0.2) is 0 Å². The summed E-state index contributed by atoms with van der Waals surface area (Å²) < 4.78 is 0. The van der Waals surface area contributed by atoms with Gasteiger partial charge in [0.25, 0.3) is 0 Å². The number of nitrogens with one attached hydrogen (secondary N) is 1. The highest BCUT2D eigenvalue weighted by Gasteiger charge is 2.33. The molecule has 2 unspecified atom stereocenters. The van der Waals surface area contributed by atoms with Crippen molar-refractivity contribution in [1.29, 1.82) is 0 Å². The third-order valence-corrected chi connectivity index (χ3v) is 2.69. The number of aliphatic hydroxyl groups is 1. The van der Waals surface area contributed by atoms with Crippen LogP contribution in [0.2, 0.25) is 0 Å². The van der Waals surface area contributed by atoms with E-state index in [1.165, 1.54) is 6.42 Å². The molecule has 0 spiro atoms. The molecule has 12 heavy (non-hydrogen) atoms. The maximum absolute atomic E-state index is 9.84. The number of halogens is 2. The molecule has 4 heteroatoms. The van der Waals surface area contributed by atoms with Crippen LogP contribution in [0.1, 0.15) is 32.6 Å². The van der Waals surface area contributed by atoms with E-state index in [0.29, 0.717) is 5.92 Å². The first kappa shape index (κ1) is 15.0. The van der Waals surface area contributed by atoms with Crippen LogP contribution in [0.4, 0.5) is 0 Å². The fraction of sp³-hybridized carbons (Fsp3) is 1.00. The Morgan fingerprint density at radius 1 is 1.33 bits per heavy atom. The van der Waals surface area contributed by atoms with Crippen molar-refractivity contribution in [2.45, 2.75) is 38.3 Å². The Labute approximate surface area is 86.9 Å². The van der Waals surface area contributed by atoms with Crippen molar-refractivity contribution in [3.05, 3.63) is 0 Å². The van der Waals surface area contributed by atoms with Gasteiger partial charge in [-0.3, -0.25) is 5.32 Å². The third kappa shape index (κ3) is 3.09. The topological polar surface area (TPSA) is 32.3 Å². The quantitative estimate of drug-likeness (QED) is 0.656. The van der Waals surface area contributed by atoms with Crippen LogP contribution < -0.4 is 5.32 Å². The Bertz CT molecular complexity index is 124. The Morgan fingerprint density at radius 3 is 2.25 bits per heavy atom. The minimum atomic E-state index is -0.571. The van der Waals surface area contributed by atoms with E-state index in [9.17, 15) is 5.11 Å².